The molecule has 1 aliphatic rings. The van der Waals surface area contributed by atoms with Gasteiger partial charge in [-0.15, -0.1) is 0 Å². The third kappa shape index (κ3) is 4.73. The average Bonchev–Trinajstić information content (AvgIpc) is 2.24. The van der Waals surface area contributed by atoms with E-state index in [0.29, 0.717) is 0 Å². The van der Waals surface area contributed by atoms with Crippen molar-refractivity contribution in [2.24, 2.45) is 0 Å². The van der Waals surface area contributed by atoms with Gasteiger partial charge in [-0.25, -0.2) is 0 Å². The van der Waals surface area contributed by atoms with E-state index in [2.05, 4.69) is 12.2 Å². The van der Waals surface area contributed by atoms with Crippen LogP contribution in [0.15, 0.2) is 48.2 Å². The molecule has 0 saturated carbocycles. The molecular weight excluding hydrogens is 200 g/mol. The van der Waals surface area contributed by atoms with Crippen LogP contribution in [0.4, 0.5) is 0 Å². The van der Waals surface area contributed by atoms with E-state index in [9.17, 15) is 0 Å². The summed E-state index contributed by atoms with van der Waals surface area (Å²) in [4.78, 5) is 3.97. The van der Waals surface area contributed by atoms with Gasteiger partial charge in [0.05, 0.1) is 0 Å². The standard InChI is InChI=1S/C13H20N2O/c1-14(2)10-8-12-6-5-7-13(16-12)9-11-15(3)4/h6-11H,5H2,1-4H3/b10-8+,11-9+. The van der Waals surface area contributed by atoms with Crippen molar-refractivity contribution in [3.8, 4) is 0 Å². The topological polar surface area (TPSA) is 15.7 Å². The number of allylic oxidation sites excluding steroid dienone is 4. The van der Waals surface area contributed by atoms with Crippen molar-refractivity contribution in [1.29, 1.82) is 0 Å². The highest BCUT2D eigenvalue weighted by molar-refractivity contribution is 5.25. The molecule has 0 unspecified atom stereocenters. The summed E-state index contributed by atoms with van der Waals surface area (Å²) >= 11 is 0. The Labute approximate surface area is 98.0 Å². The van der Waals surface area contributed by atoms with Crippen molar-refractivity contribution in [2.75, 3.05) is 28.2 Å². The second-order valence-corrected chi connectivity index (χ2v) is 4.11. The van der Waals surface area contributed by atoms with Gasteiger partial charge in [-0.3, -0.25) is 0 Å². The minimum atomic E-state index is 0.898. The van der Waals surface area contributed by atoms with Gasteiger partial charge in [-0.2, -0.15) is 0 Å². The summed E-state index contributed by atoms with van der Waals surface area (Å²) in [5.74, 6) is 1.80. The normalized spacial score (nSPS) is 16.0. The zero-order valence-corrected chi connectivity index (χ0v) is 10.5. The van der Waals surface area contributed by atoms with Crippen LogP contribution in [0.5, 0.6) is 0 Å². The molecule has 3 heteroatoms. The van der Waals surface area contributed by atoms with Crippen molar-refractivity contribution in [3.63, 3.8) is 0 Å². The predicted molar refractivity (Wildman–Crippen MR) is 67.5 cm³/mol. The lowest BCUT2D eigenvalue weighted by molar-refractivity contribution is 0.324. The highest BCUT2D eigenvalue weighted by atomic mass is 16.5. The second kappa shape index (κ2) is 6.05. The number of ether oxygens (including phenoxy) is 1. The molecule has 1 rings (SSSR count). The monoisotopic (exact) mass is 220 g/mol. The summed E-state index contributed by atoms with van der Waals surface area (Å²) in [5.41, 5.74) is 0. The molecule has 0 bridgehead atoms. The maximum Gasteiger partial charge on any atom is 0.125 e. The van der Waals surface area contributed by atoms with Gasteiger partial charge in [0.25, 0.3) is 0 Å². The van der Waals surface area contributed by atoms with E-state index in [4.69, 9.17) is 4.74 Å². The first-order valence-electron chi connectivity index (χ1n) is 5.35. The molecule has 16 heavy (non-hydrogen) atoms. The Balaban J connectivity index is 2.53. The van der Waals surface area contributed by atoms with Crippen LogP contribution >= 0.6 is 0 Å². The van der Waals surface area contributed by atoms with E-state index in [1.165, 1.54) is 0 Å². The van der Waals surface area contributed by atoms with Crippen LogP contribution in [-0.2, 0) is 4.74 Å². The first-order chi connectivity index (χ1) is 7.58. The maximum absolute atomic E-state index is 5.68. The fraction of sp³-hybridized carbons (Fsp3) is 0.385. The maximum atomic E-state index is 5.68. The van der Waals surface area contributed by atoms with Gasteiger partial charge in [-0.1, -0.05) is 0 Å². The Morgan fingerprint density at radius 1 is 0.938 bits per heavy atom. The Morgan fingerprint density at radius 3 is 1.75 bits per heavy atom. The van der Waals surface area contributed by atoms with E-state index in [0.717, 1.165) is 17.9 Å². The van der Waals surface area contributed by atoms with Gasteiger partial charge in [0, 0.05) is 40.6 Å². The Hall–Kier alpha value is -1.64. The van der Waals surface area contributed by atoms with Crippen LogP contribution in [0.25, 0.3) is 0 Å². The number of hydrogen-bond donors (Lipinski definition) is 0. The first-order valence-corrected chi connectivity index (χ1v) is 5.35. The fourth-order valence-corrected chi connectivity index (χ4v) is 1.16. The molecular formula is C13H20N2O. The van der Waals surface area contributed by atoms with Crippen molar-refractivity contribution in [2.45, 2.75) is 6.42 Å². The van der Waals surface area contributed by atoms with Crippen LogP contribution in [0.2, 0.25) is 0 Å². The summed E-state index contributed by atoms with van der Waals surface area (Å²) in [5, 5.41) is 0. The van der Waals surface area contributed by atoms with Crippen LogP contribution in [0.3, 0.4) is 0 Å². The molecule has 0 spiro atoms. The van der Waals surface area contributed by atoms with Crippen LogP contribution in [-0.4, -0.2) is 38.0 Å². The van der Waals surface area contributed by atoms with Gasteiger partial charge in [-0.05, 0) is 30.7 Å². The quantitative estimate of drug-likeness (QED) is 0.723. The summed E-state index contributed by atoms with van der Waals surface area (Å²) in [6.45, 7) is 0. The molecule has 0 radical (unpaired) electrons. The Bertz CT molecular complexity index is 304. The smallest absolute Gasteiger partial charge is 0.125 e. The zero-order valence-electron chi connectivity index (χ0n) is 10.5. The van der Waals surface area contributed by atoms with Crippen molar-refractivity contribution in [1.82, 2.24) is 9.80 Å². The van der Waals surface area contributed by atoms with Crippen LogP contribution < -0.4 is 0 Å². The van der Waals surface area contributed by atoms with Crippen molar-refractivity contribution >= 4 is 0 Å². The van der Waals surface area contributed by atoms with Gasteiger partial charge in [0.2, 0.25) is 0 Å². The third-order valence-electron chi connectivity index (χ3n) is 1.95. The minimum Gasteiger partial charge on any atom is -0.458 e. The number of hydrogen-bond acceptors (Lipinski definition) is 3. The van der Waals surface area contributed by atoms with E-state index >= 15 is 0 Å². The molecule has 0 amide bonds. The molecule has 3 nitrogen and oxygen atoms in total. The average molecular weight is 220 g/mol. The molecule has 0 aromatic rings. The molecule has 0 aromatic carbocycles. The SMILES string of the molecule is CN(C)/C=C/C1=CCC=C(/C=C/N(C)C)O1. The summed E-state index contributed by atoms with van der Waals surface area (Å²) < 4.78 is 5.68. The van der Waals surface area contributed by atoms with E-state index in [1.54, 1.807) is 0 Å². The van der Waals surface area contributed by atoms with E-state index in [-0.39, 0.29) is 0 Å². The van der Waals surface area contributed by atoms with Crippen molar-refractivity contribution < 1.29 is 4.74 Å². The fourth-order valence-electron chi connectivity index (χ4n) is 1.16. The largest absolute Gasteiger partial charge is 0.458 e. The molecule has 0 aliphatic carbocycles. The van der Waals surface area contributed by atoms with E-state index in [1.807, 2.05) is 62.5 Å². The second-order valence-electron chi connectivity index (χ2n) is 4.11. The van der Waals surface area contributed by atoms with Crippen LogP contribution in [0, 0.1) is 0 Å². The predicted octanol–water partition coefficient (Wildman–Crippen LogP) is 2.33. The van der Waals surface area contributed by atoms with Gasteiger partial charge < -0.3 is 14.5 Å². The molecule has 1 aliphatic heterocycles. The molecule has 88 valence electrons. The first kappa shape index (κ1) is 12.4. The highest BCUT2D eigenvalue weighted by Gasteiger charge is 2.02. The molecule has 0 aromatic heterocycles. The third-order valence-corrected chi connectivity index (χ3v) is 1.95. The molecule has 0 atom stereocenters. The van der Waals surface area contributed by atoms with Crippen molar-refractivity contribution in [3.05, 3.63) is 48.2 Å². The minimum absolute atomic E-state index is 0.898. The van der Waals surface area contributed by atoms with Gasteiger partial charge >= 0.3 is 0 Å². The summed E-state index contributed by atoms with van der Waals surface area (Å²) in [6, 6.07) is 0. The lowest BCUT2D eigenvalue weighted by Gasteiger charge is -2.13. The van der Waals surface area contributed by atoms with E-state index < -0.39 is 0 Å². The van der Waals surface area contributed by atoms with Crippen LogP contribution in [0.1, 0.15) is 6.42 Å². The lowest BCUT2D eigenvalue weighted by atomic mass is 10.2. The lowest BCUT2D eigenvalue weighted by Crippen LogP contribution is -2.03. The Kier molecular flexibility index (Phi) is 4.70. The molecule has 0 N–H and O–H groups in total. The number of nitrogens with zero attached hydrogens (tertiary/aromatic N) is 2. The molecule has 0 fully saturated rings. The highest BCUT2D eigenvalue weighted by Crippen LogP contribution is 2.17. The molecule has 0 saturated heterocycles. The van der Waals surface area contributed by atoms with Gasteiger partial charge in [0.15, 0.2) is 0 Å². The zero-order chi connectivity index (χ0) is 12.0. The summed E-state index contributed by atoms with van der Waals surface area (Å²) in [6.07, 6.45) is 12.9. The Morgan fingerprint density at radius 2 is 1.38 bits per heavy atom. The summed E-state index contributed by atoms with van der Waals surface area (Å²) in [7, 11) is 7.95. The number of rotatable bonds is 4. The molecule has 1 heterocycles. The van der Waals surface area contributed by atoms with Gasteiger partial charge in [0.1, 0.15) is 11.5 Å².